The number of thioether (sulfide) groups is 1. The molecule has 0 spiro atoms. The van der Waals surface area contributed by atoms with Crippen molar-refractivity contribution in [3.05, 3.63) is 142 Å². The van der Waals surface area contributed by atoms with Gasteiger partial charge in [0.2, 0.25) is 0 Å². The van der Waals surface area contributed by atoms with Crippen LogP contribution in [0.25, 0.3) is 22.0 Å². The molecule has 6 aromatic rings. The number of hydrogen-bond acceptors (Lipinski definition) is 11. The Balaban J connectivity index is 1.03. The molecule has 0 radical (unpaired) electrons. The molecule has 59 heavy (non-hydrogen) atoms. The zero-order valence-corrected chi connectivity index (χ0v) is 35.4. The number of fused-ring (bicyclic) bond motifs is 1. The van der Waals surface area contributed by atoms with Crippen molar-refractivity contribution in [2.75, 3.05) is 66.5 Å². The molecule has 0 saturated carbocycles. The molecular formula is C44H47ClN8O4S2. The van der Waals surface area contributed by atoms with Crippen LogP contribution in [0.5, 0.6) is 0 Å². The van der Waals surface area contributed by atoms with Gasteiger partial charge in [0.15, 0.2) is 5.82 Å². The summed E-state index contributed by atoms with van der Waals surface area (Å²) in [6.45, 7) is 10.5. The SMILES string of the molecule is CCN(CC)C[C@H](CSc1ccccc1)Nc1ccc(S(=O)(=O)Nc2ncnc3cc(N4CCN(Cc5cc(Cl)ccc5-c5ccccc5)CC4)ccc23)cc1[N+](=O)[O-]. The normalized spacial score (nSPS) is 14.1. The molecule has 0 aliphatic carbocycles. The molecule has 1 aliphatic rings. The lowest BCUT2D eigenvalue weighted by Gasteiger charge is -2.36. The first-order valence-corrected chi connectivity index (χ1v) is 22.5. The number of nitrogens with zero attached hydrogens (tertiary/aromatic N) is 6. The number of nitro benzene ring substituents is 1. The van der Waals surface area contributed by atoms with Crippen LogP contribution in [-0.4, -0.2) is 90.7 Å². The second kappa shape index (κ2) is 19.2. The first-order chi connectivity index (χ1) is 28.6. The van der Waals surface area contributed by atoms with Crippen LogP contribution >= 0.6 is 23.4 Å². The van der Waals surface area contributed by atoms with Gasteiger partial charge in [-0.2, -0.15) is 0 Å². The van der Waals surface area contributed by atoms with Crippen molar-refractivity contribution in [2.24, 2.45) is 0 Å². The van der Waals surface area contributed by atoms with E-state index in [0.29, 0.717) is 28.2 Å². The summed E-state index contributed by atoms with van der Waals surface area (Å²) in [5.74, 6) is 0.738. The van der Waals surface area contributed by atoms with Gasteiger partial charge in [0.1, 0.15) is 12.0 Å². The number of piperazine rings is 1. The fourth-order valence-corrected chi connectivity index (χ4v) is 9.50. The number of nitro groups is 1. The van der Waals surface area contributed by atoms with E-state index in [-0.39, 0.29) is 28.1 Å². The number of anilines is 3. The van der Waals surface area contributed by atoms with Gasteiger partial charge < -0.3 is 15.1 Å². The minimum atomic E-state index is -4.27. The lowest BCUT2D eigenvalue weighted by molar-refractivity contribution is -0.384. The number of rotatable bonds is 17. The molecule has 2 heterocycles. The first-order valence-electron chi connectivity index (χ1n) is 19.6. The van der Waals surface area contributed by atoms with Crippen molar-refractivity contribution < 1.29 is 13.3 Å². The Morgan fingerprint density at radius 2 is 1.61 bits per heavy atom. The fraction of sp³-hybridized carbons (Fsp3) is 0.273. The predicted molar refractivity (Wildman–Crippen MR) is 240 cm³/mol. The molecule has 15 heteroatoms. The summed E-state index contributed by atoms with van der Waals surface area (Å²) in [7, 11) is -4.27. The van der Waals surface area contributed by atoms with Crippen molar-refractivity contribution in [1.29, 1.82) is 0 Å². The van der Waals surface area contributed by atoms with E-state index < -0.39 is 14.9 Å². The molecule has 0 bridgehead atoms. The Kier molecular flexibility index (Phi) is 13.6. The average Bonchev–Trinajstić information content (AvgIpc) is 3.25. The molecule has 12 nitrogen and oxygen atoms in total. The fourth-order valence-electron chi connectivity index (χ4n) is 7.33. The maximum atomic E-state index is 13.8. The zero-order valence-electron chi connectivity index (χ0n) is 33.0. The van der Waals surface area contributed by atoms with E-state index in [1.807, 2.05) is 72.8 Å². The monoisotopic (exact) mass is 850 g/mol. The summed E-state index contributed by atoms with van der Waals surface area (Å²) >= 11 is 8.09. The average molecular weight is 851 g/mol. The summed E-state index contributed by atoms with van der Waals surface area (Å²) in [6, 6.07) is 35.9. The first kappa shape index (κ1) is 41.9. The topological polar surface area (TPSA) is 137 Å². The van der Waals surface area contributed by atoms with Gasteiger partial charge in [0.25, 0.3) is 15.7 Å². The largest absolute Gasteiger partial charge is 0.375 e. The second-order valence-electron chi connectivity index (χ2n) is 14.3. The quantitative estimate of drug-likeness (QED) is 0.0517. The molecule has 1 atom stereocenters. The number of likely N-dealkylation sites (N-methyl/N-ethyl adjacent to an activating group) is 1. The van der Waals surface area contributed by atoms with Crippen molar-refractivity contribution in [3.8, 4) is 11.1 Å². The smallest absolute Gasteiger partial charge is 0.293 e. The number of aromatic nitrogens is 2. The maximum absolute atomic E-state index is 13.8. The summed E-state index contributed by atoms with van der Waals surface area (Å²) < 4.78 is 30.1. The Hall–Kier alpha value is -5.25. The lowest BCUT2D eigenvalue weighted by atomic mass is 9.99. The molecule has 1 fully saturated rings. The van der Waals surface area contributed by atoms with Gasteiger partial charge in [-0.15, -0.1) is 11.8 Å². The van der Waals surface area contributed by atoms with E-state index in [1.165, 1.54) is 29.6 Å². The lowest BCUT2D eigenvalue weighted by Crippen LogP contribution is -2.46. The van der Waals surface area contributed by atoms with E-state index in [4.69, 9.17) is 11.6 Å². The van der Waals surface area contributed by atoms with Crippen molar-refractivity contribution in [3.63, 3.8) is 0 Å². The van der Waals surface area contributed by atoms with E-state index in [0.717, 1.165) is 68.0 Å². The number of nitrogens with one attached hydrogen (secondary N) is 2. The van der Waals surface area contributed by atoms with Gasteiger partial charge in [-0.3, -0.25) is 19.7 Å². The standard InChI is InChI=1S/C44H47ClN8O4S2/c1-3-50(4-2)29-35(30-58-37-13-9-6-10-14-37)48-41-20-17-38(27-43(41)53(54)55)59(56,57)49-44-40-19-16-36(26-42(40)46-31-47-44)52-23-21-51(22-24-52)28-33-25-34(45)15-18-39(33)32-11-7-5-8-12-32/h5-20,25-27,31,35,48H,3-4,21-24,28-30H2,1-2H3,(H,46,47,49)/t35-/m1/s1. The molecule has 1 aromatic heterocycles. The Labute approximate surface area is 354 Å². The highest BCUT2D eigenvalue weighted by molar-refractivity contribution is 7.99. The zero-order chi connectivity index (χ0) is 41.4. The highest BCUT2D eigenvalue weighted by Crippen LogP contribution is 2.33. The Bertz CT molecular complexity index is 2490. The molecule has 0 unspecified atom stereocenters. The van der Waals surface area contributed by atoms with Crippen molar-refractivity contribution in [1.82, 2.24) is 19.8 Å². The van der Waals surface area contributed by atoms with Gasteiger partial charge in [0.05, 0.1) is 15.3 Å². The predicted octanol–water partition coefficient (Wildman–Crippen LogP) is 8.90. The highest BCUT2D eigenvalue weighted by atomic mass is 35.5. The third kappa shape index (κ3) is 10.5. The number of benzene rings is 5. The van der Waals surface area contributed by atoms with Crippen molar-refractivity contribution in [2.45, 2.75) is 36.2 Å². The second-order valence-corrected chi connectivity index (χ2v) is 17.6. The third-order valence-corrected chi connectivity index (χ3v) is 13.3. The number of halogens is 1. The molecule has 306 valence electrons. The summed E-state index contributed by atoms with van der Waals surface area (Å²) in [6.07, 6.45) is 1.32. The van der Waals surface area contributed by atoms with Crippen LogP contribution in [0.2, 0.25) is 5.02 Å². The van der Waals surface area contributed by atoms with Gasteiger partial charge in [-0.25, -0.2) is 18.4 Å². The summed E-state index contributed by atoms with van der Waals surface area (Å²) in [4.78, 5) is 28.4. The number of hydrogen-bond donors (Lipinski definition) is 2. The highest BCUT2D eigenvalue weighted by Gasteiger charge is 2.26. The van der Waals surface area contributed by atoms with Crippen LogP contribution in [0.15, 0.2) is 131 Å². The van der Waals surface area contributed by atoms with Gasteiger partial charge in [-0.1, -0.05) is 80.0 Å². The van der Waals surface area contributed by atoms with Crippen LogP contribution in [-0.2, 0) is 16.6 Å². The van der Waals surface area contributed by atoms with E-state index in [9.17, 15) is 18.5 Å². The van der Waals surface area contributed by atoms with Crippen molar-refractivity contribution >= 4 is 67.2 Å². The molecule has 2 N–H and O–H groups in total. The third-order valence-electron chi connectivity index (χ3n) is 10.5. The minimum Gasteiger partial charge on any atom is -0.375 e. The van der Waals surface area contributed by atoms with E-state index in [1.54, 1.807) is 11.8 Å². The van der Waals surface area contributed by atoms with Crippen LogP contribution in [0.1, 0.15) is 19.4 Å². The molecule has 1 aliphatic heterocycles. The minimum absolute atomic E-state index is 0.0872. The Morgan fingerprint density at radius 3 is 2.32 bits per heavy atom. The maximum Gasteiger partial charge on any atom is 0.293 e. The van der Waals surface area contributed by atoms with Gasteiger partial charge in [0, 0.05) is 78.1 Å². The summed E-state index contributed by atoms with van der Waals surface area (Å²) in [5.41, 5.74) is 4.98. The molecule has 1 saturated heterocycles. The molecular weight excluding hydrogens is 804 g/mol. The van der Waals surface area contributed by atoms with E-state index >= 15 is 0 Å². The van der Waals surface area contributed by atoms with Crippen LogP contribution in [0.3, 0.4) is 0 Å². The van der Waals surface area contributed by atoms with Crippen LogP contribution in [0, 0.1) is 10.1 Å². The number of sulfonamides is 1. The molecule has 5 aromatic carbocycles. The molecule has 7 rings (SSSR count). The Morgan fingerprint density at radius 1 is 0.881 bits per heavy atom. The van der Waals surface area contributed by atoms with Crippen LogP contribution in [0.4, 0.5) is 22.9 Å². The van der Waals surface area contributed by atoms with Gasteiger partial charge >= 0.3 is 0 Å². The molecule has 0 amide bonds. The van der Waals surface area contributed by atoms with Crippen LogP contribution < -0.4 is 14.9 Å². The van der Waals surface area contributed by atoms with E-state index in [2.05, 4.69) is 72.8 Å². The summed E-state index contributed by atoms with van der Waals surface area (Å²) in [5, 5.41) is 17.0. The van der Waals surface area contributed by atoms with Gasteiger partial charge in [-0.05, 0) is 84.4 Å².